The van der Waals surface area contributed by atoms with E-state index >= 15 is 0 Å². The van der Waals surface area contributed by atoms with Crippen molar-refractivity contribution >= 4 is 46.0 Å². The summed E-state index contributed by atoms with van der Waals surface area (Å²) in [5.74, 6) is -0.0507. The molecule has 0 atom stereocenters. The van der Waals surface area contributed by atoms with E-state index < -0.39 is 0 Å². The lowest BCUT2D eigenvalue weighted by molar-refractivity contribution is -0.113. The summed E-state index contributed by atoms with van der Waals surface area (Å²) in [5.41, 5.74) is 2.79. The van der Waals surface area contributed by atoms with Gasteiger partial charge >= 0.3 is 0 Å². The van der Waals surface area contributed by atoms with E-state index in [0.717, 1.165) is 5.56 Å². The van der Waals surface area contributed by atoms with Crippen molar-refractivity contribution < 1.29 is 9.18 Å². The number of amides is 1. The molecule has 2 aromatic rings. The van der Waals surface area contributed by atoms with E-state index in [2.05, 4.69) is 26.0 Å². The van der Waals surface area contributed by atoms with Crippen LogP contribution in [0.5, 0.6) is 0 Å². The Bertz CT molecular complexity index is 810. The number of hydrogen-bond acceptors (Lipinski definition) is 3. The fourth-order valence-electron chi connectivity index (χ4n) is 2.41. The lowest BCUT2D eigenvalue weighted by Crippen LogP contribution is -2.27. The summed E-state index contributed by atoms with van der Waals surface area (Å²) in [6.07, 6.45) is 1.84. The van der Waals surface area contributed by atoms with Crippen LogP contribution in [-0.4, -0.2) is 10.2 Å². The molecule has 2 aromatic carbocycles. The van der Waals surface area contributed by atoms with Crippen molar-refractivity contribution in [3.8, 4) is 0 Å². The maximum absolute atomic E-state index is 13.1. The van der Waals surface area contributed by atoms with Crippen LogP contribution in [0.4, 0.5) is 10.1 Å². The number of thioether (sulfide) groups is 1. The summed E-state index contributed by atoms with van der Waals surface area (Å²) in [6.45, 7) is 4.28. The Morgan fingerprint density at radius 3 is 2.29 bits per heavy atom. The molecule has 1 aliphatic rings. The van der Waals surface area contributed by atoms with Crippen molar-refractivity contribution in [2.75, 3.05) is 4.90 Å². The van der Waals surface area contributed by atoms with Crippen LogP contribution >= 0.6 is 24.0 Å². The molecule has 1 fully saturated rings. The Labute approximate surface area is 150 Å². The van der Waals surface area contributed by atoms with Crippen molar-refractivity contribution in [2.45, 2.75) is 19.8 Å². The minimum absolute atomic E-state index is 0.176. The second-order valence-electron chi connectivity index (χ2n) is 5.81. The monoisotopic (exact) mass is 357 g/mol. The van der Waals surface area contributed by atoms with E-state index in [-0.39, 0.29) is 11.7 Å². The van der Waals surface area contributed by atoms with E-state index in [4.69, 9.17) is 12.2 Å². The minimum Gasteiger partial charge on any atom is -0.268 e. The van der Waals surface area contributed by atoms with Crippen LogP contribution < -0.4 is 4.90 Å². The predicted molar refractivity (Wildman–Crippen MR) is 103 cm³/mol. The lowest BCUT2D eigenvalue weighted by Gasteiger charge is -2.14. The number of carbonyl (C=O) groups is 1. The number of carbonyl (C=O) groups excluding carboxylic acids is 1. The molecular weight excluding hydrogens is 341 g/mol. The zero-order valence-electron chi connectivity index (χ0n) is 13.3. The van der Waals surface area contributed by atoms with Gasteiger partial charge in [0, 0.05) is 0 Å². The number of hydrogen-bond donors (Lipinski definition) is 0. The van der Waals surface area contributed by atoms with Crippen molar-refractivity contribution in [2.24, 2.45) is 0 Å². The fourth-order valence-corrected chi connectivity index (χ4v) is 3.71. The molecule has 0 aromatic heterocycles. The molecule has 24 heavy (non-hydrogen) atoms. The summed E-state index contributed by atoms with van der Waals surface area (Å²) in [7, 11) is 0. The smallest absolute Gasteiger partial charge is 0.268 e. The quantitative estimate of drug-likeness (QED) is 0.545. The van der Waals surface area contributed by atoms with Gasteiger partial charge in [0.05, 0.1) is 10.6 Å². The van der Waals surface area contributed by atoms with Crippen molar-refractivity contribution in [1.82, 2.24) is 0 Å². The Hall–Kier alpha value is -1.98. The highest BCUT2D eigenvalue weighted by Gasteiger charge is 2.33. The van der Waals surface area contributed by atoms with Gasteiger partial charge in [0.1, 0.15) is 5.82 Å². The van der Waals surface area contributed by atoms with Gasteiger partial charge in [0.2, 0.25) is 0 Å². The molecule has 1 amide bonds. The molecule has 0 aliphatic carbocycles. The van der Waals surface area contributed by atoms with E-state index in [9.17, 15) is 9.18 Å². The lowest BCUT2D eigenvalue weighted by atomic mass is 10.0. The van der Waals surface area contributed by atoms with Crippen LogP contribution in [0, 0.1) is 5.82 Å². The second-order valence-corrected chi connectivity index (χ2v) is 7.49. The molecule has 0 saturated carbocycles. The average Bonchev–Trinajstić information content (AvgIpc) is 2.83. The van der Waals surface area contributed by atoms with Gasteiger partial charge in [-0.3, -0.25) is 9.69 Å². The normalized spacial score (nSPS) is 16.5. The summed E-state index contributed by atoms with van der Waals surface area (Å²) in [6, 6.07) is 13.9. The van der Waals surface area contributed by atoms with E-state index in [0.29, 0.717) is 20.8 Å². The molecule has 0 radical (unpaired) electrons. The first-order valence-corrected chi connectivity index (χ1v) is 8.81. The average molecular weight is 357 g/mol. The molecule has 2 nitrogen and oxygen atoms in total. The van der Waals surface area contributed by atoms with Gasteiger partial charge in [-0.25, -0.2) is 4.39 Å². The number of anilines is 1. The van der Waals surface area contributed by atoms with Crippen LogP contribution in [0.2, 0.25) is 0 Å². The molecule has 5 heteroatoms. The minimum atomic E-state index is -0.343. The second kappa shape index (κ2) is 6.87. The number of nitrogens with zero attached hydrogens (tertiary/aromatic N) is 1. The summed E-state index contributed by atoms with van der Waals surface area (Å²) in [4.78, 5) is 14.6. The first-order chi connectivity index (χ1) is 11.5. The third-order valence-corrected chi connectivity index (χ3v) is 5.08. The first kappa shape index (κ1) is 16.9. The fraction of sp³-hybridized carbons (Fsp3) is 0.158. The number of halogens is 1. The Morgan fingerprint density at radius 2 is 1.71 bits per heavy atom. The van der Waals surface area contributed by atoms with Gasteiger partial charge in [-0.2, -0.15) is 0 Å². The van der Waals surface area contributed by atoms with E-state index in [1.807, 2.05) is 18.2 Å². The molecular formula is C19H16FNOS2. The largest absolute Gasteiger partial charge is 0.270 e. The maximum Gasteiger partial charge on any atom is 0.270 e. The predicted octanol–water partition coefficient (Wildman–Crippen LogP) is 5.35. The maximum atomic E-state index is 13.1. The Kier molecular flexibility index (Phi) is 4.83. The third-order valence-electron chi connectivity index (χ3n) is 3.78. The highest BCUT2D eigenvalue weighted by atomic mass is 32.2. The highest BCUT2D eigenvalue weighted by Crippen LogP contribution is 2.36. The topological polar surface area (TPSA) is 20.3 Å². The van der Waals surface area contributed by atoms with Gasteiger partial charge in [0.25, 0.3) is 5.91 Å². The molecule has 0 spiro atoms. The van der Waals surface area contributed by atoms with Crippen LogP contribution in [0.1, 0.15) is 30.9 Å². The van der Waals surface area contributed by atoms with Crippen molar-refractivity contribution in [3.63, 3.8) is 0 Å². The molecule has 0 bridgehead atoms. The van der Waals surface area contributed by atoms with Crippen LogP contribution in [0.25, 0.3) is 6.08 Å². The van der Waals surface area contributed by atoms with Gasteiger partial charge < -0.3 is 0 Å². The standard InChI is InChI=1S/C19H16FNOS2/c1-12(2)14-5-3-13(4-6-14)11-17-18(22)21(19(23)24-17)16-9-7-15(20)8-10-16/h3-12H,1-2H3/b17-11-. The zero-order chi connectivity index (χ0) is 17.3. The van der Waals surface area contributed by atoms with E-state index in [1.54, 1.807) is 12.1 Å². The Balaban J connectivity index is 1.86. The van der Waals surface area contributed by atoms with Crippen molar-refractivity contribution in [1.29, 1.82) is 0 Å². The van der Waals surface area contributed by atoms with Crippen LogP contribution in [-0.2, 0) is 4.79 Å². The molecule has 1 aliphatic heterocycles. The number of rotatable bonds is 3. The van der Waals surface area contributed by atoms with Crippen LogP contribution in [0.15, 0.2) is 53.4 Å². The number of benzene rings is 2. The summed E-state index contributed by atoms with van der Waals surface area (Å²) < 4.78 is 13.5. The first-order valence-electron chi connectivity index (χ1n) is 7.59. The molecule has 1 saturated heterocycles. The van der Waals surface area contributed by atoms with Gasteiger partial charge in [-0.15, -0.1) is 0 Å². The van der Waals surface area contributed by atoms with Gasteiger partial charge in [-0.05, 0) is 47.4 Å². The van der Waals surface area contributed by atoms with Crippen molar-refractivity contribution in [3.05, 3.63) is 70.4 Å². The van der Waals surface area contributed by atoms with Crippen LogP contribution in [0.3, 0.4) is 0 Å². The molecule has 122 valence electrons. The van der Waals surface area contributed by atoms with Gasteiger partial charge in [-0.1, -0.05) is 62.1 Å². The Morgan fingerprint density at radius 1 is 1.08 bits per heavy atom. The SMILES string of the molecule is CC(C)c1ccc(/C=C2\SC(=S)N(c3ccc(F)cc3)C2=O)cc1. The van der Waals surface area contributed by atoms with E-state index in [1.165, 1.54) is 34.4 Å². The summed E-state index contributed by atoms with van der Waals surface area (Å²) in [5, 5.41) is 0. The summed E-state index contributed by atoms with van der Waals surface area (Å²) >= 11 is 6.58. The molecule has 1 heterocycles. The molecule has 0 N–H and O–H groups in total. The molecule has 3 rings (SSSR count). The zero-order valence-corrected chi connectivity index (χ0v) is 15.0. The highest BCUT2D eigenvalue weighted by molar-refractivity contribution is 8.27. The third kappa shape index (κ3) is 3.42. The molecule has 0 unspecified atom stereocenters. The number of thiocarbonyl (C=S) groups is 1. The van der Waals surface area contributed by atoms with Gasteiger partial charge in [0.15, 0.2) is 4.32 Å².